The number of carbonyl (C=O) groups excluding carboxylic acids is 1. The molecule has 2 aromatic rings. The fourth-order valence-corrected chi connectivity index (χ4v) is 3.46. The maximum absolute atomic E-state index is 10.9. The molecule has 2 fully saturated rings. The summed E-state index contributed by atoms with van der Waals surface area (Å²) in [7, 11) is 0. The topological polar surface area (TPSA) is 52.6 Å². The molecule has 2 aliphatic rings. The first kappa shape index (κ1) is 15.9. The Morgan fingerprint density at radius 2 is 1.56 bits per heavy atom. The molecule has 0 saturated carbocycles. The third kappa shape index (κ3) is 3.43. The maximum atomic E-state index is 10.9. The van der Waals surface area contributed by atoms with Crippen molar-refractivity contribution in [3.63, 3.8) is 0 Å². The normalized spacial score (nSPS) is 17.8. The summed E-state index contributed by atoms with van der Waals surface area (Å²) in [6.45, 7) is 5.11. The fourth-order valence-electron chi connectivity index (χ4n) is 3.46. The van der Waals surface area contributed by atoms with Crippen molar-refractivity contribution in [3.8, 4) is 11.3 Å². The van der Waals surface area contributed by atoms with E-state index in [2.05, 4.69) is 28.0 Å². The zero-order chi connectivity index (χ0) is 17.1. The van der Waals surface area contributed by atoms with Crippen LogP contribution in [0.3, 0.4) is 0 Å². The molecule has 0 aliphatic carbocycles. The van der Waals surface area contributed by atoms with Crippen LogP contribution in [0.15, 0.2) is 36.4 Å². The van der Waals surface area contributed by atoms with Crippen molar-refractivity contribution in [2.24, 2.45) is 0 Å². The van der Waals surface area contributed by atoms with E-state index in [1.165, 1.54) is 12.8 Å². The van der Waals surface area contributed by atoms with Crippen molar-refractivity contribution in [2.75, 3.05) is 49.1 Å². The molecule has 6 heteroatoms. The van der Waals surface area contributed by atoms with Crippen molar-refractivity contribution < 1.29 is 4.79 Å². The average molecular weight is 337 g/mol. The fraction of sp³-hybridized carbons (Fsp3) is 0.421. The molecule has 0 atom stereocenters. The van der Waals surface area contributed by atoms with E-state index in [0.717, 1.165) is 68.7 Å². The first-order valence-corrected chi connectivity index (χ1v) is 8.97. The molecular weight excluding hydrogens is 314 g/mol. The molecule has 0 spiro atoms. The Morgan fingerprint density at radius 1 is 0.840 bits per heavy atom. The minimum atomic E-state index is 0.724. The summed E-state index contributed by atoms with van der Waals surface area (Å²) in [5.74, 6) is 1.79. The highest BCUT2D eigenvalue weighted by atomic mass is 16.1. The number of anilines is 2. The van der Waals surface area contributed by atoms with E-state index in [4.69, 9.17) is 9.97 Å². The second kappa shape index (κ2) is 7.09. The van der Waals surface area contributed by atoms with Gasteiger partial charge in [0.15, 0.2) is 0 Å². The predicted octanol–water partition coefficient (Wildman–Crippen LogP) is 2.02. The maximum Gasteiger partial charge on any atom is 0.228 e. The van der Waals surface area contributed by atoms with E-state index >= 15 is 0 Å². The molecule has 1 aromatic carbocycles. The highest BCUT2D eigenvalue weighted by Crippen LogP contribution is 2.27. The number of rotatable bonds is 4. The molecule has 130 valence electrons. The lowest BCUT2D eigenvalue weighted by atomic mass is 10.1. The van der Waals surface area contributed by atoms with Crippen LogP contribution in [-0.2, 0) is 4.79 Å². The van der Waals surface area contributed by atoms with Crippen molar-refractivity contribution in [2.45, 2.75) is 12.8 Å². The van der Waals surface area contributed by atoms with Gasteiger partial charge < -0.3 is 14.7 Å². The summed E-state index contributed by atoms with van der Waals surface area (Å²) >= 11 is 0. The van der Waals surface area contributed by atoms with Crippen LogP contribution in [0.25, 0.3) is 11.3 Å². The number of benzene rings is 1. The van der Waals surface area contributed by atoms with E-state index in [-0.39, 0.29) is 0 Å². The largest absolute Gasteiger partial charge is 0.356 e. The Morgan fingerprint density at radius 3 is 2.24 bits per heavy atom. The second-order valence-corrected chi connectivity index (χ2v) is 6.60. The Balaban J connectivity index is 1.68. The van der Waals surface area contributed by atoms with Gasteiger partial charge in [0.25, 0.3) is 0 Å². The lowest BCUT2D eigenvalue weighted by molar-refractivity contribution is -0.118. The van der Waals surface area contributed by atoms with Crippen LogP contribution >= 0.6 is 0 Å². The summed E-state index contributed by atoms with van der Waals surface area (Å²) in [5, 5.41) is 0. The van der Waals surface area contributed by atoms with Crippen molar-refractivity contribution in [3.05, 3.63) is 36.4 Å². The first-order valence-electron chi connectivity index (χ1n) is 8.97. The minimum Gasteiger partial charge on any atom is -0.356 e. The molecule has 4 rings (SSSR count). The minimum absolute atomic E-state index is 0.724. The zero-order valence-electron chi connectivity index (χ0n) is 14.3. The lowest BCUT2D eigenvalue weighted by Gasteiger charge is -2.33. The molecule has 0 bridgehead atoms. The number of hydrogen-bond donors (Lipinski definition) is 0. The standard InChI is InChI=1S/C19H23N5O/c25-15-22-10-12-24(13-11-22)19-20-17(16-6-2-1-3-7-16)14-18(21-19)23-8-4-5-9-23/h1-3,6-7,14-15H,4-5,8-13H2. The summed E-state index contributed by atoms with van der Waals surface area (Å²) < 4.78 is 0. The number of carbonyl (C=O) groups is 1. The van der Waals surface area contributed by atoms with Crippen molar-refractivity contribution in [1.29, 1.82) is 0 Å². The molecule has 0 N–H and O–H groups in total. The Hall–Kier alpha value is -2.63. The Bertz CT molecular complexity index is 722. The van der Waals surface area contributed by atoms with Crippen LogP contribution < -0.4 is 9.80 Å². The third-order valence-electron chi connectivity index (χ3n) is 4.95. The smallest absolute Gasteiger partial charge is 0.228 e. The molecule has 25 heavy (non-hydrogen) atoms. The van der Waals surface area contributed by atoms with Crippen LogP contribution in [-0.4, -0.2) is 60.5 Å². The SMILES string of the molecule is O=CN1CCN(c2nc(-c3ccccc3)cc(N3CCCC3)n2)CC1. The monoisotopic (exact) mass is 337 g/mol. The van der Waals surface area contributed by atoms with Crippen LogP contribution in [0.5, 0.6) is 0 Å². The van der Waals surface area contributed by atoms with Gasteiger partial charge in [-0.3, -0.25) is 4.79 Å². The Kier molecular flexibility index (Phi) is 4.50. The first-order chi connectivity index (χ1) is 12.3. The quantitative estimate of drug-likeness (QED) is 0.799. The van der Waals surface area contributed by atoms with Gasteiger partial charge in [-0.2, -0.15) is 4.98 Å². The molecule has 0 radical (unpaired) electrons. The zero-order valence-corrected chi connectivity index (χ0v) is 14.3. The van der Waals surface area contributed by atoms with E-state index in [0.29, 0.717) is 0 Å². The van der Waals surface area contributed by atoms with Crippen LogP contribution in [0.1, 0.15) is 12.8 Å². The summed E-state index contributed by atoms with van der Waals surface area (Å²) in [6.07, 6.45) is 3.37. The van der Waals surface area contributed by atoms with Crippen LogP contribution in [0.2, 0.25) is 0 Å². The van der Waals surface area contributed by atoms with E-state index in [9.17, 15) is 4.79 Å². The number of nitrogens with zero attached hydrogens (tertiary/aromatic N) is 5. The number of aromatic nitrogens is 2. The summed E-state index contributed by atoms with van der Waals surface area (Å²) in [5.41, 5.74) is 2.07. The molecule has 2 aliphatic heterocycles. The molecule has 3 heterocycles. The number of amides is 1. The van der Waals surface area contributed by atoms with E-state index < -0.39 is 0 Å². The number of piperazine rings is 1. The van der Waals surface area contributed by atoms with Gasteiger partial charge in [0.1, 0.15) is 5.82 Å². The van der Waals surface area contributed by atoms with Crippen LogP contribution in [0, 0.1) is 0 Å². The van der Waals surface area contributed by atoms with Gasteiger partial charge in [-0.05, 0) is 12.8 Å². The molecule has 0 unspecified atom stereocenters. The van der Waals surface area contributed by atoms with Gasteiger partial charge >= 0.3 is 0 Å². The van der Waals surface area contributed by atoms with Crippen molar-refractivity contribution in [1.82, 2.24) is 14.9 Å². The second-order valence-electron chi connectivity index (χ2n) is 6.60. The van der Waals surface area contributed by atoms with Gasteiger partial charge in [-0.15, -0.1) is 0 Å². The van der Waals surface area contributed by atoms with Gasteiger partial charge in [0.05, 0.1) is 5.69 Å². The van der Waals surface area contributed by atoms with Crippen molar-refractivity contribution >= 4 is 18.2 Å². The predicted molar refractivity (Wildman–Crippen MR) is 98.8 cm³/mol. The summed E-state index contributed by atoms with van der Waals surface area (Å²) in [4.78, 5) is 27.0. The Labute approximate surface area is 148 Å². The molecule has 1 amide bonds. The van der Waals surface area contributed by atoms with E-state index in [1.807, 2.05) is 18.2 Å². The van der Waals surface area contributed by atoms with Gasteiger partial charge in [-0.1, -0.05) is 30.3 Å². The summed E-state index contributed by atoms with van der Waals surface area (Å²) in [6, 6.07) is 12.4. The lowest BCUT2D eigenvalue weighted by Crippen LogP contribution is -2.46. The number of hydrogen-bond acceptors (Lipinski definition) is 5. The third-order valence-corrected chi connectivity index (χ3v) is 4.95. The molecule has 1 aromatic heterocycles. The van der Waals surface area contributed by atoms with Gasteiger partial charge in [0.2, 0.25) is 12.4 Å². The van der Waals surface area contributed by atoms with E-state index in [1.54, 1.807) is 4.90 Å². The molecule has 2 saturated heterocycles. The van der Waals surface area contributed by atoms with Gasteiger partial charge in [-0.25, -0.2) is 4.98 Å². The van der Waals surface area contributed by atoms with Crippen LogP contribution in [0.4, 0.5) is 11.8 Å². The molecule has 6 nitrogen and oxygen atoms in total. The highest BCUT2D eigenvalue weighted by Gasteiger charge is 2.21. The highest BCUT2D eigenvalue weighted by molar-refractivity contribution is 5.65. The molecular formula is C19H23N5O. The average Bonchev–Trinajstić information content (AvgIpc) is 3.23. The van der Waals surface area contributed by atoms with Gasteiger partial charge in [0, 0.05) is 50.9 Å².